The Hall–Kier alpha value is -0.890. The molecule has 1 heterocycles. The minimum Gasteiger partial charge on any atom is -0.271 e. The van der Waals surface area contributed by atoms with Gasteiger partial charge in [-0.25, -0.2) is 0 Å². The molecule has 0 aliphatic heterocycles. The van der Waals surface area contributed by atoms with Gasteiger partial charge in [0.15, 0.2) is 0 Å². The van der Waals surface area contributed by atoms with Gasteiger partial charge in [-0.05, 0) is 52.6 Å². The van der Waals surface area contributed by atoms with Crippen molar-refractivity contribution in [3.8, 4) is 0 Å². The van der Waals surface area contributed by atoms with Crippen LogP contribution in [0.4, 0.5) is 13.2 Å². The zero-order valence-corrected chi connectivity index (χ0v) is 12.6. The van der Waals surface area contributed by atoms with Gasteiger partial charge < -0.3 is 0 Å². The second kappa shape index (κ2) is 6.26. The van der Waals surface area contributed by atoms with Gasteiger partial charge in [-0.1, -0.05) is 15.9 Å². The lowest BCUT2D eigenvalue weighted by Crippen LogP contribution is -2.30. The fourth-order valence-electron chi connectivity index (χ4n) is 1.89. The molecule has 1 atom stereocenters. The molecule has 108 valence electrons. The van der Waals surface area contributed by atoms with Crippen LogP contribution >= 0.6 is 27.3 Å². The summed E-state index contributed by atoms with van der Waals surface area (Å²) >= 11 is 4.82. The lowest BCUT2D eigenvalue weighted by molar-refractivity contribution is -0.137. The normalized spacial score (nSPS) is 13.4. The molecule has 0 fully saturated rings. The first-order valence-electron chi connectivity index (χ1n) is 5.75. The molecule has 2 aromatic rings. The van der Waals surface area contributed by atoms with E-state index in [4.69, 9.17) is 5.84 Å². The molecule has 3 N–H and O–H groups in total. The molecule has 0 radical (unpaired) electrons. The van der Waals surface area contributed by atoms with Crippen molar-refractivity contribution in [3.05, 3.63) is 56.2 Å². The van der Waals surface area contributed by atoms with E-state index < -0.39 is 11.7 Å². The van der Waals surface area contributed by atoms with Crippen LogP contribution in [0.3, 0.4) is 0 Å². The number of alkyl halides is 3. The average Bonchev–Trinajstić information content (AvgIpc) is 2.88. The van der Waals surface area contributed by atoms with Crippen molar-refractivity contribution in [1.82, 2.24) is 5.43 Å². The molecule has 0 amide bonds. The monoisotopic (exact) mass is 364 g/mol. The lowest BCUT2D eigenvalue weighted by atomic mass is 9.99. The molecule has 1 aromatic carbocycles. The minimum absolute atomic E-state index is 0.388. The molecule has 20 heavy (non-hydrogen) atoms. The molecule has 0 saturated carbocycles. The smallest absolute Gasteiger partial charge is 0.271 e. The van der Waals surface area contributed by atoms with Gasteiger partial charge in [0.25, 0.3) is 0 Å². The van der Waals surface area contributed by atoms with E-state index >= 15 is 0 Å². The van der Waals surface area contributed by atoms with Crippen LogP contribution in [0.25, 0.3) is 0 Å². The number of thiophene rings is 1. The van der Waals surface area contributed by atoms with E-state index in [0.29, 0.717) is 16.5 Å². The average molecular weight is 365 g/mol. The molecule has 7 heteroatoms. The molecule has 0 aliphatic rings. The van der Waals surface area contributed by atoms with Crippen LogP contribution in [0.15, 0.2) is 39.5 Å². The predicted octanol–water partition coefficient (Wildman–Crippen LogP) is 4.28. The molecule has 2 nitrogen and oxygen atoms in total. The van der Waals surface area contributed by atoms with Crippen LogP contribution in [0, 0.1) is 0 Å². The Morgan fingerprint density at radius 2 is 2.05 bits per heavy atom. The van der Waals surface area contributed by atoms with Crippen LogP contribution in [-0.4, -0.2) is 0 Å². The number of nitrogens with one attached hydrogen (secondary N) is 1. The Morgan fingerprint density at radius 3 is 2.60 bits per heavy atom. The maximum absolute atomic E-state index is 12.8. The molecule has 2 rings (SSSR count). The third-order valence-corrected chi connectivity index (χ3v) is 4.37. The van der Waals surface area contributed by atoms with Gasteiger partial charge in [0, 0.05) is 4.47 Å². The lowest BCUT2D eigenvalue weighted by Gasteiger charge is -2.19. The standard InChI is InChI=1S/C13H12BrF3N2S/c14-11-2-1-9(13(15,16)17)6-10(11)12(19-18)5-8-3-4-20-7-8/h1-4,6-7,12,19H,5,18H2. The Morgan fingerprint density at radius 1 is 1.30 bits per heavy atom. The summed E-state index contributed by atoms with van der Waals surface area (Å²) in [5.74, 6) is 5.50. The molecular weight excluding hydrogens is 353 g/mol. The first-order valence-corrected chi connectivity index (χ1v) is 7.49. The van der Waals surface area contributed by atoms with Crippen molar-refractivity contribution in [3.63, 3.8) is 0 Å². The Kier molecular flexibility index (Phi) is 4.85. The number of halogens is 4. The summed E-state index contributed by atoms with van der Waals surface area (Å²) in [6.45, 7) is 0. The van der Waals surface area contributed by atoms with Crippen LogP contribution in [0.5, 0.6) is 0 Å². The number of hydrogen-bond donors (Lipinski definition) is 2. The summed E-state index contributed by atoms with van der Waals surface area (Å²) in [6.07, 6.45) is -3.84. The minimum atomic E-state index is -4.36. The summed E-state index contributed by atoms with van der Waals surface area (Å²) < 4.78 is 38.9. The van der Waals surface area contributed by atoms with E-state index in [0.717, 1.165) is 17.7 Å². The van der Waals surface area contributed by atoms with Gasteiger partial charge in [0.1, 0.15) is 0 Å². The number of rotatable bonds is 4. The van der Waals surface area contributed by atoms with Gasteiger partial charge in [-0.3, -0.25) is 11.3 Å². The highest BCUT2D eigenvalue weighted by atomic mass is 79.9. The van der Waals surface area contributed by atoms with Gasteiger partial charge in [0.2, 0.25) is 0 Å². The maximum Gasteiger partial charge on any atom is 0.416 e. The van der Waals surface area contributed by atoms with E-state index in [-0.39, 0.29) is 6.04 Å². The van der Waals surface area contributed by atoms with Gasteiger partial charge >= 0.3 is 6.18 Å². The van der Waals surface area contributed by atoms with E-state index in [9.17, 15) is 13.2 Å². The Balaban J connectivity index is 2.33. The predicted molar refractivity (Wildman–Crippen MR) is 77.2 cm³/mol. The highest BCUT2D eigenvalue weighted by molar-refractivity contribution is 9.10. The number of hydrazine groups is 1. The molecule has 0 bridgehead atoms. The van der Waals surface area contributed by atoms with Crippen molar-refractivity contribution in [1.29, 1.82) is 0 Å². The second-order valence-electron chi connectivity index (χ2n) is 4.29. The summed E-state index contributed by atoms with van der Waals surface area (Å²) in [5, 5.41) is 3.87. The van der Waals surface area contributed by atoms with E-state index in [1.165, 1.54) is 17.4 Å². The van der Waals surface area contributed by atoms with Crippen LogP contribution in [-0.2, 0) is 12.6 Å². The highest BCUT2D eigenvalue weighted by Gasteiger charge is 2.31. The number of hydrogen-bond acceptors (Lipinski definition) is 3. The van der Waals surface area contributed by atoms with Gasteiger partial charge in [-0.2, -0.15) is 24.5 Å². The van der Waals surface area contributed by atoms with Gasteiger partial charge in [0.05, 0.1) is 11.6 Å². The van der Waals surface area contributed by atoms with E-state index in [1.807, 2.05) is 16.8 Å². The van der Waals surface area contributed by atoms with Crippen molar-refractivity contribution in [2.75, 3.05) is 0 Å². The summed E-state index contributed by atoms with van der Waals surface area (Å²) in [4.78, 5) is 0. The Labute approximate surface area is 126 Å². The second-order valence-corrected chi connectivity index (χ2v) is 5.92. The van der Waals surface area contributed by atoms with Gasteiger partial charge in [-0.15, -0.1) is 0 Å². The van der Waals surface area contributed by atoms with Crippen LogP contribution < -0.4 is 11.3 Å². The quantitative estimate of drug-likeness (QED) is 0.627. The largest absolute Gasteiger partial charge is 0.416 e. The first kappa shape index (κ1) is 15.5. The number of nitrogens with two attached hydrogens (primary N) is 1. The van der Waals surface area contributed by atoms with Crippen LogP contribution in [0.1, 0.15) is 22.7 Å². The SMILES string of the molecule is NNC(Cc1ccsc1)c1cc(C(F)(F)F)ccc1Br. The zero-order valence-electron chi connectivity index (χ0n) is 10.2. The van der Waals surface area contributed by atoms with E-state index in [1.54, 1.807) is 0 Å². The summed E-state index contributed by atoms with van der Waals surface area (Å²) in [5.41, 5.74) is 3.43. The van der Waals surface area contributed by atoms with Crippen molar-refractivity contribution in [2.24, 2.45) is 5.84 Å². The molecule has 0 aliphatic carbocycles. The summed E-state index contributed by atoms with van der Waals surface area (Å²) in [7, 11) is 0. The molecule has 0 saturated heterocycles. The third-order valence-electron chi connectivity index (χ3n) is 2.92. The number of benzene rings is 1. The third kappa shape index (κ3) is 3.60. The molecule has 1 aromatic heterocycles. The maximum atomic E-state index is 12.8. The first-order chi connectivity index (χ1) is 9.41. The van der Waals surface area contributed by atoms with Crippen molar-refractivity contribution in [2.45, 2.75) is 18.6 Å². The molecule has 1 unspecified atom stereocenters. The topological polar surface area (TPSA) is 38.0 Å². The zero-order chi connectivity index (χ0) is 14.8. The fraction of sp³-hybridized carbons (Fsp3) is 0.231. The fourth-order valence-corrected chi connectivity index (χ4v) is 3.09. The highest BCUT2D eigenvalue weighted by Crippen LogP contribution is 2.34. The van der Waals surface area contributed by atoms with Crippen molar-refractivity contribution >= 4 is 27.3 Å². The van der Waals surface area contributed by atoms with Crippen molar-refractivity contribution < 1.29 is 13.2 Å². The summed E-state index contributed by atoms with van der Waals surface area (Å²) in [6, 6.07) is 5.11. The molecular formula is C13H12BrF3N2S. The Bertz CT molecular complexity index is 569. The molecule has 0 spiro atoms. The van der Waals surface area contributed by atoms with Crippen LogP contribution in [0.2, 0.25) is 0 Å². The van der Waals surface area contributed by atoms with E-state index in [2.05, 4.69) is 21.4 Å².